The van der Waals surface area contributed by atoms with Gasteiger partial charge in [-0.25, -0.2) is 12.8 Å². The summed E-state index contributed by atoms with van der Waals surface area (Å²) >= 11 is 0. The van der Waals surface area contributed by atoms with Crippen LogP contribution < -0.4 is 9.62 Å². The van der Waals surface area contributed by atoms with Crippen LogP contribution in [0.2, 0.25) is 0 Å². The number of amides is 1. The van der Waals surface area contributed by atoms with Gasteiger partial charge in [0, 0.05) is 12.7 Å². The fraction of sp³-hybridized carbons (Fsp3) is 0.133. The molecular weight excluding hydrogens is 307 g/mol. The Balaban J connectivity index is 2.15. The summed E-state index contributed by atoms with van der Waals surface area (Å²) in [6, 6.07) is 11.9. The summed E-state index contributed by atoms with van der Waals surface area (Å²) in [5, 5.41) is 2.56. The Hall–Kier alpha value is -2.41. The Labute approximate surface area is 128 Å². The average Bonchev–Trinajstić information content (AvgIpc) is 2.46. The number of hydrogen-bond donors (Lipinski definition) is 1. The van der Waals surface area contributed by atoms with Crippen LogP contribution in [-0.4, -0.2) is 27.6 Å². The van der Waals surface area contributed by atoms with Crippen molar-refractivity contribution >= 4 is 27.3 Å². The van der Waals surface area contributed by atoms with Gasteiger partial charge < -0.3 is 5.32 Å². The van der Waals surface area contributed by atoms with Gasteiger partial charge in [0.15, 0.2) is 0 Å². The van der Waals surface area contributed by atoms with Crippen LogP contribution in [0.4, 0.5) is 15.8 Å². The number of anilines is 2. The van der Waals surface area contributed by atoms with E-state index in [1.54, 1.807) is 30.3 Å². The highest BCUT2D eigenvalue weighted by atomic mass is 32.2. The molecule has 7 heteroatoms. The minimum Gasteiger partial charge on any atom is -0.322 e. The SMILES string of the molecule is CN(c1ccc(NC(=O)c2ccccc2F)cc1)S(C)(=O)=O. The fourth-order valence-electron chi connectivity index (χ4n) is 1.79. The molecule has 0 aliphatic carbocycles. The molecule has 0 saturated heterocycles. The molecular formula is C15H15FN2O3S. The summed E-state index contributed by atoms with van der Waals surface area (Å²) < 4.78 is 37.5. The third kappa shape index (κ3) is 3.62. The molecule has 2 rings (SSSR count). The molecule has 2 aromatic rings. The first-order valence-electron chi connectivity index (χ1n) is 6.39. The zero-order valence-electron chi connectivity index (χ0n) is 12.1. The predicted octanol–water partition coefficient (Wildman–Crippen LogP) is 2.47. The van der Waals surface area contributed by atoms with Gasteiger partial charge in [0.05, 0.1) is 17.5 Å². The summed E-state index contributed by atoms with van der Waals surface area (Å²) in [6.07, 6.45) is 1.10. The maximum absolute atomic E-state index is 13.5. The number of benzene rings is 2. The second-order valence-electron chi connectivity index (χ2n) is 4.71. The monoisotopic (exact) mass is 322 g/mol. The van der Waals surface area contributed by atoms with E-state index in [2.05, 4.69) is 5.32 Å². The highest BCUT2D eigenvalue weighted by Gasteiger charge is 2.13. The average molecular weight is 322 g/mol. The lowest BCUT2D eigenvalue weighted by molar-refractivity contribution is 0.102. The molecule has 0 atom stereocenters. The van der Waals surface area contributed by atoms with Crippen molar-refractivity contribution in [3.05, 3.63) is 59.9 Å². The summed E-state index contributed by atoms with van der Waals surface area (Å²) in [7, 11) is -1.91. The molecule has 116 valence electrons. The third-order valence-electron chi connectivity index (χ3n) is 3.10. The zero-order valence-corrected chi connectivity index (χ0v) is 12.9. The van der Waals surface area contributed by atoms with Crippen LogP contribution in [0.1, 0.15) is 10.4 Å². The Morgan fingerprint density at radius 3 is 2.23 bits per heavy atom. The van der Waals surface area contributed by atoms with Gasteiger partial charge in [0.25, 0.3) is 5.91 Å². The number of nitrogens with one attached hydrogen (secondary N) is 1. The number of rotatable bonds is 4. The molecule has 22 heavy (non-hydrogen) atoms. The summed E-state index contributed by atoms with van der Waals surface area (Å²) in [5.41, 5.74) is 0.852. The topological polar surface area (TPSA) is 66.5 Å². The molecule has 0 bridgehead atoms. The smallest absolute Gasteiger partial charge is 0.258 e. The van der Waals surface area contributed by atoms with Crippen molar-refractivity contribution in [3.63, 3.8) is 0 Å². The van der Waals surface area contributed by atoms with Gasteiger partial charge in [-0.05, 0) is 36.4 Å². The number of sulfonamides is 1. The van der Waals surface area contributed by atoms with E-state index in [9.17, 15) is 17.6 Å². The zero-order chi connectivity index (χ0) is 16.3. The van der Waals surface area contributed by atoms with Crippen LogP contribution in [0.3, 0.4) is 0 Å². The highest BCUT2D eigenvalue weighted by molar-refractivity contribution is 7.92. The molecule has 1 amide bonds. The van der Waals surface area contributed by atoms with Gasteiger partial charge in [-0.3, -0.25) is 9.10 Å². The molecule has 0 fully saturated rings. The Bertz CT molecular complexity index is 789. The summed E-state index contributed by atoms with van der Waals surface area (Å²) in [5.74, 6) is -1.17. The molecule has 0 radical (unpaired) electrons. The third-order valence-corrected chi connectivity index (χ3v) is 4.31. The van der Waals surface area contributed by atoms with Gasteiger partial charge in [0.1, 0.15) is 5.82 Å². The first kappa shape index (κ1) is 16.0. The van der Waals surface area contributed by atoms with E-state index < -0.39 is 21.7 Å². The predicted molar refractivity (Wildman–Crippen MR) is 84.0 cm³/mol. The number of halogens is 1. The minimum atomic E-state index is -3.34. The van der Waals surface area contributed by atoms with Crippen molar-refractivity contribution in [2.24, 2.45) is 0 Å². The lowest BCUT2D eigenvalue weighted by Gasteiger charge is -2.16. The largest absolute Gasteiger partial charge is 0.322 e. The fourth-order valence-corrected chi connectivity index (χ4v) is 2.29. The molecule has 0 aliphatic rings. The van der Waals surface area contributed by atoms with E-state index in [0.29, 0.717) is 11.4 Å². The number of carbonyl (C=O) groups is 1. The highest BCUT2D eigenvalue weighted by Crippen LogP contribution is 2.19. The van der Waals surface area contributed by atoms with E-state index in [-0.39, 0.29) is 5.56 Å². The van der Waals surface area contributed by atoms with Crippen molar-refractivity contribution in [2.45, 2.75) is 0 Å². The van der Waals surface area contributed by atoms with Crippen molar-refractivity contribution in [2.75, 3.05) is 22.9 Å². The molecule has 0 saturated carbocycles. The molecule has 0 unspecified atom stereocenters. The van der Waals surface area contributed by atoms with E-state index in [4.69, 9.17) is 0 Å². The van der Waals surface area contributed by atoms with Crippen LogP contribution in [-0.2, 0) is 10.0 Å². The Morgan fingerprint density at radius 2 is 1.68 bits per heavy atom. The standard InChI is InChI=1S/C15H15FN2O3S/c1-18(22(2,20)21)12-9-7-11(8-10-12)17-15(19)13-5-3-4-6-14(13)16/h3-10H,1-2H3,(H,17,19). The number of nitrogens with zero attached hydrogens (tertiary/aromatic N) is 1. The minimum absolute atomic E-state index is 0.0557. The maximum Gasteiger partial charge on any atom is 0.258 e. The molecule has 0 heterocycles. The van der Waals surface area contributed by atoms with Gasteiger partial charge in [-0.1, -0.05) is 12.1 Å². The van der Waals surface area contributed by atoms with Crippen LogP contribution in [0.25, 0.3) is 0 Å². The number of hydrogen-bond acceptors (Lipinski definition) is 3. The van der Waals surface area contributed by atoms with E-state index in [0.717, 1.165) is 10.6 Å². The van der Waals surface area contributed by atoms with E-state index in [1.165, 1.54) is 25.2 Å². The molecule has 1 N–H and O–H groups in total. The second-order valence-corrected chi connectivity index (χ2v) is 6.73. The van der Waals surface area contributed by atoms with Gasteiger partial charge in [-0.15, -0.1) is 0 Å². The number of carbonyl (C=O) groups excluding carboxylic acids is 1. The van der Waals surface area contributed by atoms with Gasteiger partial charge in [-0.2, -0.15) is 0 Å². The quantitative estimate of drug-likeness (QED) is 0.940. The van der Waals surface area contributed by atoms with Crippen LogP contribution in [0, 0.1) is 5.82 Å². The molecule has 2 aromatic carbocycles. The van der Waals surface area contributed by atoms with Crippen molar-refractivity contribution in [3.8, 4) is 0 Å². The molecule has 0 aliphatic heterocycles. The Kier molecular flexibility index (Phi) is 4.46. The van der Waals surface area contributed by atoms with E-state index in [1.807, 2.05) is 0 Å². The molecule has 5 nitrogen and oxygen atoms in total. The summed E-state index contributed by atoms with van der Waals surface area (Å²) in [4.78, 5) is 12.0. The Morgan fingerprint density at radius 1 is 1.09 bits per heavy atom. The van der Waals surface area contributed by atoms with Gasteiger partial charge >= 0.3 is 0 Å². The summed E-state index contributed by atoms with van der Waals surface area (Å²) in [6.45, 7) is 0. The van der Waals surface area contributed by atoms with Crippen LogP contribution in [0.15, 0.2) is 48.5 Å². The molecule has 0 spiro atoms. The van der Waals surface area contributed by atoms with Crippen molar-refractivity contribution < 1.29 is 17.6 Å². The first-order chi connectivity index (χ1) is 10.3. The van der Waals surface area contributed by atoms with Crippen LogP contribution >= 0.6 is 0 Å². The van der Waals surface area contributed by atoms with Crippen molar-refractivity contribution in [1.29, 1.82) is 0 Å². The molecule has 0 aromatic heterocycles. The van der Waals surface area contributed by atoms with E-state index >= 15 is 0 Å². The maximum atomic E-state index is 13.5. The van der Waals surface area contributed by atoms with Gasteiger partial charge in [0.2, 0.25) is 10.0 Å². The second kappa shape index (κ2) is 6.15. The lowest BCUT2D eigenvalue weighted by Crippen LogP contribution is -2.24. The normalized spacial score (nSPS) is 11.0. The van der Waals surface area contributed by atoms with Crippen molar-refractivity contribution in [1.82, 2.24) is 0 Å². The first-order valence-corrected chi connectivity index (χ1v) is 8.24. The van der Waals surface area contributed by atoms with Crippen LogP contribution in [0.5, 0.6) is 0 Å². The lowest BCUT2D eigenvalue weighted by atomic mass is 10.2.